The van der Waals surface area contributed by atoms with Crippen LogP contribution in [-0.4, -0.2) is 5.91 Å². The van der Waals surface area contributed by atoms with E-state index in [0.717, 1.165) is 16.7 Å². The van der Waals surface area contributed by atoms with E-state index in [2.05, 4.69) is 0 Å². The van der Waals surface area contributed by atoms with E-state index in [1.165, 1.54) is 0 Å². The first-order chi connectivity index (χ1) is 17.6. The van der Waals surface area contributed by atoms with E-state index in [-0.39, 0.29) is 17.1 Å². The average molecular weight is 474 g/mol. The van der Waals surface area contributed by atoms with Crippen LogP contribution >= 0.6 is 0 Å². The van der Waals surface area contributed by atoms with Gasteiger partial charge in [0.2, 0.25) is 5.76 Å². The summed E-state index contributed by atoms with van der Waals surface area (Å²) < 4.78 is 12.1. The summed E-state index contributed by atoms with van der Waals surface area (Å²) in [4.78, 5) is 29.1. The first kappa shape index (κ1) is 21.9. The zero-order valence-electron chi connectivity index (χ0n) is 19.7. The number of hydrogen-bond acceptors (Lipinski definition) is 4. The van der Waals surface area contributed by atoms with Crippen LogP contribution < -0.4 is 15.1 Å². The van der Waals surface area contributed by atoms with Crippen LogP contribution in [0.3, 0.4) is 0 Å². The van der Waals surface area contributed by atoms with E-state index < -0.39 is 6.04 Å². The summed E-state index contributed by atoms with van der Waals surface area (Å²) in [5.74, 6) is 0.406. The summed E-state index contributed by atoms with van der Waals surface area (Å²) >= 11 is 0. The normalized spacial score (nSPS) is 14.8. The maximum atomic E-state index is 13.8. The second kappa shape index (κ2) is 8.86. The number of amides is 1. The number of hydrogen-bond donors (Lipinski definition) is 0. The molecule has 1 unspecified atom stereocenters. The zero-order chi connectivity index (χ0) is 24.6. The molecule has 0 radical (unpaired) electrons. The number of para-hydroxylation sites is 1. The number of carbonyl (C=O) groups excluding carboxylic acids is 1. The van der Waals surface area contributed by atoms with Crippen molar-refractivity contribution in [1.82, 2.24) is 0 Å². The predicted octanol–water partition coefficient (Wildman–Crippen LogP) is 6.43. The van der Waals surface area contributed by atoms with Gasteiger partial charge in [-0.05, 0) is 54.4 Å². The summed E-state index contributed by atoms with van der Waals surface area (Å²) in [5.41, 5.74) is 4.03. The molecule has 176 valence electrons. The van der Waals surface area contributed by atoms with Crippen molar-refractivity contribution < 1.29 is 13.9 Å². The first-order valence-electron chi connectivity index (χ1n) is 11.8. The van der Waals surface area contributed by atoms with Gasteiger partial charge in [0.05, 0.1) is 17.0 Å². The first-order valence-corrected chi connectivity index (χ1v) is 11.8. The van der Waals surface area contributed by atoms with E-state index in [1.807, 2.05) is 104 Å². The minimum absolute atomic E-state index is 0.0841. The highest BCUT2D eigenvalue weighted by atomic mass is 16.5. The number of anilines is 1. The minimum Gasteiger partial charge on any atom is -0.489 e. The molecular formula is C31H23NO4. The van der Waals surface area contributed by atoms with Gasteiger partial charge in [-0.1, -0.05) is 72.3 Å². The third-order valence-electron chi connectivity index (χ3n) is 6.48. The fourth-order valence-corrected chi connectivity index (χ4v) is 4.77. The lowest BCUT2D eigenvalue weighted by molar-refractivity contribution is 0.0971. The molecule has 1 aliphatic heterocycles. The molecule has 0 N–H and O–H groups in total. The number of nitrogens with zero attached hydrogens (tertiary/aromatic N) is 1. The number of benzene rings is 4. The second-order valence-corrected chi connectivity index (χ2v) is 8.93. The van der Waals surface area contributed by atoms with E-state index in [9.17, 15) is 9.59 Å². The summed E-state index contributed by atoms with van der Waals surface area (Å²) in [5, 5.41) is 0.470. The van der Waals surface area contributed by atoms with Crippen LogP contribution in [0.4, 0.5) is 5.69 Å². The largest absolute Gasteiger partial charge is 0.489 e. The maximum absolute atomic E-state index is 13.8. The quantitative estimate of drug-likeness (QED) is 0.295. The van der Waals surface area contributed by atoms with E-state index in [4.69, 9.17) is 9.15 Å². The molecule has 5 aromatic rings. The molecule has 0 saturated heterocycles. The van der Waals surface area contributed by atoms with Crippen molar-refractivity contribution in [3.8, 4) is 5.75 Å². The number of fused-ring (bicyclic) bond motifs is 2. The summed E-state index contributed by atoms with van der Waals surface area (Å²) in [7, 11) is 0. The Morgan fingerprint density at radius 1 is 0.833 bits per heavy atom. The molecule has 36 heavy (non-hydrogen) atoms. The van der Waals surface area contributed by atoms with Gasteiger partial charge in [-0.15, -0.1) is 0 Å². The molecule has 1 aliphatic rings. The van der Waals surface area contributed by atoms with Crippen LogP contribution in [0.5, 0.6) is 5.75 Å². The van der Waals surface area contributed by atoms with E-state index in [0.29, 0.717) is 34.6 Å². The van der Waals surface area contributed by atoms with E-state index >= 15 is 0 Å². The van der Waals surface area contributed by atoms with Gasteiger partial charge in [-0.2, -0.15) is 0 Å². The van der Waals surface area contributed by atoms with Crippen molar-refractivity contribution in [2.75, 3.05) is 4.90 Å². The van der Waals surface area contributed by atoms with Crippen LogP contribution in [0.2, 0.25) is 0 Å². The van der Waals surface area contributed by atoms with Crippen molar-refractivity contribution in [3.63, 3.8) is 0 Å². The van der Waals surface area contributed by atoms with Crippen LogP contribution in [0.25, 0.3) is 11.0 Å². The Bertz CT molecular complexity index is 1640. The Morgan fingerprint density at radius 2 is 1.58 bits per heavy atom. The maximum Gasteiger partial charge on any atom is 0.295 e. The molecule has 1 atom stereocenters. The van der Waals surface area contributed by atoms with Crippen LogP contribution in [0.15, 0.2) is 112 Å². The van der Waals surface area contributed by atoms with E-state index in [1.54, 1.807) is 11.0 Å². The molecule has 0 saturated carbocycles. The Hall–Kier alpha value is -4.64. The van der Waals surface area contributed by atoms with Gasteiger partial charge < -0.3 is 9.15 Å². The molecule has 0 bridgehead atoms. The SMILES string of the molecule is Cc1ccc2oc3c(c(=O)c2c1)C(c1cccc(OCc2ccccc2)c1)N(c1ccccc1)C3=O. The third kappa shape index (κ3) is 3.75. The summed E-state index contributed by atoms with van der Waals surface area (Å²) in [6, 6.07) is 31.6. The lowest BCUT2D eigenvalue weighted by Gasteiger charge is -2.25. The van der Waals surface area contributed by atoms with Gasteiger partial charge in [0, 0.05) is 5.69 Å². The highest BCUT2D eigenvalue weighted by Crippen LogP contribution is 2.41. The van der Waals surface area contributed by atoms with Gasteiger partial charge in [0.1, 0.15) is 17.9 Å². The van der Waals surface area contributed by atoms with Crippen LogP contribution in [0, 0.1) is 6.92 Å². The number of ether oxygens (including phenoxy) is 1. The number of carbonyl (C=O) groups is 1. The monoisotopic (exact) mass is 473 g/mol. The summed E-state index contributed by atoms with van der Waals surface area (Å²) in [6.07, 6.45) is 0. The van der Waals surface area contributed by atoms with Gasteiger partial charge in [0.25, 0.3) is 5.91 Å². The Kier molecular flexibility index (Phi) is 5.38. The van der Waals surface area contributed by atoms with Crippen molar-refractivity contribution in [1.29, 1.82) is 0 Å². The fraction of sp³-hybridized carbons (Fsp3) is 0.0968. The van der Waals surface area contributed by atoms with Crippen molar-refractivity contribution in [3.05, 3.63) is 141 Å². The third-order valence-corrected chi connectivity index (χ3v) is 6.48. The molecule has 1 aromatic heterocycles. The minimum atomic E-state index is -0.642. The molecule has 1 amide bonds. The molecular weight excluding hydrogens is 450 g/mol. The topological polar surface area (TPSA) is 59.8 Å². The standard InChI is InChI=1S/C31H23NO4/c1-20-15-16-26-25(17-20)29(33)27-28(32(31(34)30(27)36-26)23-12-6-3-7-13-23)22-11-8-14-24(18-22)35-19-21-9-4-2-5-10-21/h2-18,28H,19H2,1H3. The smallest absolute Gasteiger partial charge is 0.295 e. The Morgan fingerprint density at radius 3 is 2.36 bits per heavy atom. The number of aryl methyl sites for hydroxylation is 1. The summed E-state index contributed by atoms with van der Waals surface area (Å²) in [6.45, 7) is 2.34. The molecule has 5 nitrogen and oxygen atoms in total. The highest BCUT2D eigenvalue weighted by Gasteiger charge is 2.43. The Balaban J connectivity index is 1.49. The molecule has 0 fully saturated rings. The molecule has 2 heterocycles. The number of rotatable bonds is 5. The van der Waals surface area contributed by atoms with Gasteiger partial charge in [-0.3, -0.25) is 14.5 Å². The molecule has 5 heteroatoms. The highest BCUT2D eigenvalue weighted by molar-refractivity contribution is 6.10. The lowest BCUT2D eigenvalue weighted by atomic mass is 9.97. The lowest BCUT2D eigenvalue weighted by Crippen LogP contribution is -2.29. The molecule has 4 aromatic carbocycles. The van der Waals surface area contributed by atoms with Crippen LogP contribution in [-0.2, 0) is 6.61 Å². The van der Waals surface area contributed by atoms with Crippen molar-refractivity contribution in [2.45, 2.75) is 19.6 Å². The van der Waals surface area contributed by atoms with Crippen LogP contribution in [0.1, 0.15) is 38.9 Å². The predicted molar refractivity (Wildman–Crippen MR) is 140 cm³/mol. The zero-order valence-corrected chi connectivity index (χ0v) is 19.7. The van der Waals surface area contributed by atoms with Crippen molar-refractivity contribution in [2.24, 2.45) is 0 Å². The average Bonchev–Trinajstić information content (AvgIpc) is 3.21. The molecule has 6 rings (SSSR count). The fourth-order valence-electron chi connectivity index (χ4n) is 4.77. The van der Waals surface area contributed by atoms with Gasteiger partial charge >= 0.3 is 0 Å². The molecule has 0 aliphatic carbocycles. The van der Waals surface area contributed by atoms with Gasteiger partial charge in [0.15, 0.2) is 5.43 Å². The molecule has 0 spiro atoms. The van der Waals surface area contributed by atoms with Gasteiger partial charge in [-0.25, -0.2) is 0 Å². The second-order valence-electron chi connectivity index (χ2n) is 8.93. The van der Waals surface area contributed by atoms with Crippen molar-refractivity contribution >= 4 is 22.6 Å². The Labute approximate surface area is 208 Å².